The van der Waals surface area contributed by atoms with Crippen molar-refractivity contribution >= 4 is 40.8 Å². The Kier molecular flexibility index (Phi) is 8.93. The lowest BCUT2D eigenvalue weighted by atomic mass is 9.99. The first-order valence-electron chi connectivity index (χ1n) is 16.2. The van der Waals surface area contributed by atoms with Crippen molar-refractivity contribution in [3.8, 4) is 28.3 Å². The van der Waals surface area contributed by atoms with Crippen LogP contribution in [0.4, 0.5) is 10.5 Å². The Bertz CT molecular complexity index is 2170. The number of amides is 3. The Hall–Kier alpha value is -4.69. The Morgan fingerprint density at radius 1 is 1.12 bits per heavy atom. The molecule has 2 unspecified atom stereocenters. The molecule has 0 saturated carbocycles. The Labute approximate surface area is 296 Å². The van der Waals surface area contributed by atoms with Crippen LogP contribution in [-0.2, 0) is 20.0 Å². The lowest BCUT2D eigenvalue weighted by molar-refractivity contribution is 0.102. The third kappa shape index (κ3) is 5.83. The number of aromatic nitrogens is 3. The van der Waals surface area contributed by atoms with Gasteiger partial charge in [0.25, 0.3) is 11.5 Å². The second kappa shape index (κ2) is 13.2. The molecule has 260 valence electrons. The topological polar surface area (TPSA) is 160 Å². The van der Waals surface area contributed by atoms with E-state index in [0.717, 1.165) is 58.8 Å². The molecule has 2 aliphatic heterocycles. The molecule has 50 heavy (non-hydrogen) atoms. The number of aryl methyl sites for hydroxylation is 1. The molecule has 4 aromatic rings. The smallest absolute Gasteiger partial charge is 0.330 e. The number of carbonyl (C=O) groups excluding carboxylic acids is 2. The molecule has 2 aromatic carbocycles. The number of benzene rings is 2. The highest BCUT2D eigenvalue weighted by Gasteiger charge is 2.46. The van der Waals surface area contributed by atoms with Gasteiger partial charge in [0.15, 0.2) is 0 Å². The van der Waals surface area contributed by atoms with Crippen LogP contribution in [-0.4, -0.2) is 75.0 Å². The van der Waals surface area contributed by atoms with E-state index in [1.807, 2.05) is 18.2 Å². The van der Waals surface area contributed by atoms with Gasteiger partial charge < -0.3 is 25.8 Å². The first-order chi connectivity index (χ1) is 24.0. The Balaban J connectivity index is 1.18. The number of hydrogen-bond donors (Lipinski definition) is 4. The molecule has 4 N–H and O–H groups in total. The standard InChI is InChI=1S/C35H35Cl2N7O6/c1-42-32(47)23(16-43(13-14-45)34(42)49)30(46)39-24-8-4-6-21(29(24)37)20-5-3-7-22(28(20)36)25-15-19-9-10-26(27(19)31(40-25)50-2)44-12-11-35(18-44)17-38-33(48)41-35/h3-8,15-16,26,45H,9-14,17-18H2,1-2H3,(H,39,46)(H2,38,41,48). The van der Waals surface area contributed by atoms with Crippen LogP contribution in [0, 0.1) is 0 Å². The monoisotopic (exact) mass is 719 g/mol. The predicted molar refractivity (Wildman–Crippen MR) is 189 cm³/mol. The van der Waals surface area contributed by atoms with Gasteiger partial charge in [-0.15, -0.1) is 0 Å². The zero-order chi connectivity index (χ0) is 35.3. The quantitative estimate of drug-likeness (QED) is 0.215. The largest absolute Gasteiger partial charge is 0.481 e. The summed E-state index contributed by atoms with van der Waals surface area (Å²) in [5, 5.41) is 18.6. The van der Waals surface area contributed by atoms with E-state index in [1.54, 1.807) is 25.3 Å². The van der Waals surface area contributed by atoms with Crippen molar-refractivity contribution in [2.75, 3.05) is 38.7 Å². The van der Waals surface area contributed by atoms with Crippen molar-refractivity contribution in [2.45, 2.75) is 37.4 Å². The number of ether oxygens (including phenoxy) is 1. The van der Waals surface area contributed by atoms with E-state index in [1.165, 1.54) is 7.05 Å². The first-order valence-corrected chi connectivity index (χ1v) is 17.0. The lowest BCUT2D eigenvalue weighted by Gasteiger charge is -2.28. The van der Waals surface area contributed by atoms with Gasteiger partial charge in [-0.05, 0) is 37.0 Å². The maximum absolute atomic E-state index is 13.3. The zero-order valence-corrected chi connectivity index (χ0v) is 28.9. The van der Waals surface area contributed by atoms with Crippen molar-refractivity contribution in [1.29, 1.82) is 0 Å². The van der Waals surface area contributed by atoms with Crippen LogP contribution < -0.4 is 31.9 Å². The molecule has 13 nitrogen and oxygen atoms in total. The fraction of sp³-hybridized carbons (Fsp3) is 0.343. The molecule has 7 rings (SSSR count). The molecule has 15 heteroatoms. The van der Waals surface area contributed by atoms with Crippen molar-refractivity contribution < 1.29 is 19.4 Å². The van der Waals surface area contributed by atoms with Gasteiger partial charge in [-0.3, -0.25) is 23.6 Å². The molecule has 2 atom stereocenters. The van der Waals surface area contributed by atoms with Gasteiger partial charge in [0.1, 0.15) is 5.56 Å². The summed E-state index contributed by atoms with van der Waals surface area (Å²) in [7, 11) is 2.88. The molecule has 1 spiro atoms. The third-order valence-electron chi connectivity index (χ3n) is 9.86. The minimum absolute atomic E-state index is 0.0816. The number of pyridine rings is 1. The normalized spacial score (nSPS) is 19.8. The molecular formula is C35H35Cl2N7O6. The molecule has 3 amide bonds. The number of halogens is 2. The van der Waals surface area contributed by atoms with Crippen LogP contribution in [0.3, 0.4) is 0 Å². The maximum Gasteiger partial charge on any atom is 0.330 e. The van der Waals surface area contributed by atoms with Crippen LogP contribution in [0.25, 0.3) is 22.4 Å². The summed E-state index contributed by atoms with van der Waals surface area (Å²) in [5.41, 5.74) is 2.93. The molecule has 0 radical (unpaired) electrons. The molecule has 2 aromatic heterocycles. The van der Waals surface area contributed by atoms with Crippen LogP contribution in [0.5, 0.6) is 5.88 Å². The van der Waals surface area contributed by atoms with Crippen LogP contribution >= 0.6 is 23.2 Å². The van der Waals surface area contributed by atoms with Crippen molar-refractivity contribution in [3.63, 3.8) is 0 Å². The van der Waals surface area contributed by atoms with E-state index in [0.29, 0.717) is 39.8 Å². The highest BCUT2D eigenvalue weighted by Crippen LogP contribution is 2.46. The van der Waals surface area contributed by atoms with E-state index in [2.05, 4.69) is 26.9 Å². The van der Waals surface area contributed by atoms with Crippen LogP contribution in [0.2, 0.25) is 10.0 Å². The van der Waals surface area contributed by atoms with Crippen molar-refractivity contribution in [2.24, 2.45) is 7.05 Å². The number of rotatable bonds is 8. The number of fused-ring (bicyclic) bond motifs is 1. The molecule has 1 aliphatic carbocycles. The second-order valence-corrected chi connectivity index (χ2v) is 13.6. The average Bonchev–Trinajstić information content (AvgIpc) is 3.83. The van der Waals surface area contributed by atoms with E-state index in [9.17, 15) is 24.3 Å². The summed E-state index contributed by atoms with van der Waals surface area (Å²) in [6, 6.07) is 12.7. The molecular weight excluding hydrogens is 685 g/mol. The number of hydrogen-bond acceptors (Lipinski definition) is 8. The number of aliphatic hydroxyl groups excluding tert-OH is 1. The predicted octanol–water partition coefficient (Wildman–Crippen LogP) is 3.58. The number of methoxy groups -OCH3 is 1. The number of aliphatic hydroxyl groups is 1. The van der Waals surface area contributed by atoms with E-state index >= 15 is 0 Å². The highest BCUT2D eigenvalue weighted by atomic mass is 35.5. The highest BCUT2D eigenvalue weighted by molar-refractivity contribution is 6.39. The Morgan fingerprint density at radius 3 is 2.58 bits per heavy atom. The van der Waals surface area contributed by atoms with Gasteiger partial charge in [-0.1, -0.05) is 53.5 Å². The zero-order valence-electron chi connectivity index (χ0n) is 27.4. The van der Waals surface area contributed by atoms with Crippen LogP contribution in [0.15, 0.2) is 58.3 Å². The fourth-order valence-corrected chi connectivity index (χ4v) is 7.95. The number of likely N-dealkylation sites (tertiary alicyclic amines) is 1. The van der Waals surface area contributed by atoms with E-state index in [4.69, 9.17) is 32.9 Å². The second-order valence-electron chi connectivity index (χ2n) is 12.8. The van der Waals surface area contributed by atoms with E-state index < -0.39 is 17.2 Å². The average molecular weight is 721 g/mol. The summed E-state index contributed by atoms with van der Waals surface area (Å²) in [6.07, 6.45) is 3.75. The maximum atomic E-state index is 13.3. The SMILES string of the molecule is COc1nc(-c2cccc(-c3cccc(NC(=O)c4cn(CCO)c(=O)n(C)c4=O)c3Cl)c2Cl)cc2c1C(N1CCC3(CNC(=O)N3)C1)CC2. The van der Waals surface area contributed by atoms with Gasteiger partial charge >= 0.3 is 11.7 Å². The molecule has 2 saturated heterocycles. The lowest BCUT2D eigenvalue weighted by Crippen LogP contribution is -2.46. The molecule has 3 aliphatic rings. The number of nitrogens with zero attached hydrogens (tertiary/aromatic N) is 4. The Morgan fingerprint density at radius 2 is 1.86 bits per heavy atom. The van der Waals surface area contributed by atoms with Gasteiger partial charge in [-0.2, -0.15) is 0 Å². The van der Waals surface area contributed by atoms with Gasteiger partial charge in [-0.25, -0.2) is 14.6 Å². The third-order valence-corrected chi connectivity index (χ3v) is 10.7. The van der Waals surface area contributed by atoms with Crippen molar-refractivity contribution in [1.82, 2.24) is 29.7 Å². The number of carbonyl (C=O) groups is 2. The number of urea groups is 1. The van der Waals surface area contributed by atoms with Crippen LogP contribution in [0.1, 0.15) is 40.4 Å². The summed E-state index contributed by atoms with van der Waals surface area (Å²) in [4.78, 5) is 57.7. The van der Waals surface area contributed by atoms with E-state index in [-0.39, 0.29) is 47.0 Å². The van der Waals surface area contributed by atoms with Gasteiger partial charge in [0.05, 0.1) is 47.2 Å². The summed E-state index contributed by atoms with van der Waals surface area (Å²) < 4.78 is 7.78. The van der Waals surface area contributed by atoms with Gasteiger partial charge in [0.2, 0.25) is 5.88 Å². The van der Waals surface area contributed by atoms with Gasteiger partial charge in [0, 0.05) is 61.2 Å². The van der Waals surface area contributed by atoms with Crippen molar-refractivity contribution in [3.05, 3.63) is 96.2 Å². The summed E-state index contributed by atoms with van der Waals surface area (Å²) in [6.45, 7) is 1.80. The number of nitrogens with one attached hydrogen (secondary N) is 3. The molecule has 4 heterocycles. The number of anilines is 1. The molecule has 2 fully saturated rings. The minimum Gasteiger partial charge on any atom is -0.481 e. The first kappa shape index (κ1) is 33.8. The molecule has 0 bridgehead atoms. The summed E-state index contributed by atoms with van der Waals surface area (Å²) in [5.74, 6) is -0.229. The summed E-state index contributed by atoms with van der Waals surface area (Å²) >= 11 is 14.0. The minimum atomic E-state index is -0.780. The fourth-order valence-electron chi connectivity index (χ4n) is 7.35.